The van der Waals surface area contributed by atoms with E-state index in [0.29, 0.717) is 34.9 Å². The lowest BCUT2D eigenvalue weighted by atomic mass is 10.1. The molecule has 0 aliphatic heterocycles. The molecule has 148 valence electrons. The van der Waals surface area contributed by atoms with Gasteiger partial charge in [-0.3, -0.25) is 9.59 Å². The van der Waals surface area contributed by atoms with E-state index in [2.05, 4.69) is 10.3 Å². The summed E-state index contributed by atoms with van der Waals surface area (Å²) < 4.78 is 0. The molecule has 0 saturated carbocycles. The predicted octanol–water partition coefficient (Wildman–Crippen LogP) is 4.97. The lowest BCUT2D eigenvalue weighted by Gasteiger charge is -2.18. The average Bonchev–Trinajstić information content (AvgIpc) is 2.76. The molecule has 0 fully saturated rings. The SMILES string of the molecule is CCN(CC)C(=O)c1ccc(NC(=O)c2cccnc2Sc2ccccc2)cc1. The van der Waals surface area contributed by atoms with Crippen molar-refractivity contribution in [3.63, 3.8) is 0 Å². The Balaban J connectivity index is 1.73. The van der Waals surface area contributed by atoms with E-state index in [0.717, 1.165) is 4.90 Å². The second-order valence-electron chi connectivity index (χ2n) is 6.28. The van der Waals surface area contributed by atoms with Crippen molar-refractivity contribution < 1.29 is 9.59 Å². The van der Waals surface area contributed by atoms with Crippen LogP contribution in [-0.4, -0.2) is 34.8 Å². The number of benzene rings is 2. The standard InChI is InChI=1S/C23H23N3O2S/c1-3-26(4-2)23(28)17-12-14-18(15-13-17)25-21(27)20-11-8-16-24-22(20)29-19-9-6-5-7-10-19/h5-16H,3-4H2,1-2H3,(H,25,27). The van der Waals surface area contributed by atoms with Crippen LogP contribution in [0.25, 0.3) is 0 Å². The van der Waals surface area contributed by atoms with Crippen molar-refractivity contribution in [2.24, 2.45) is 0 Å². The van der Waals surface area contributed by atoms with Crippen LogP contribution < -0.4 is 5.32 Å². The highest BCUT2D eigenvalue weighted by atomic mass is 32.2. The number of nitrogens with zero attached hydrogens (tertiary/aromatic N) is 2. The smallest absolute Gasteiger partial charge is 0.258 e. The van der Waals surface area contributed by atoms with Crippen molar-refractivity contribution in [3.05, 3.63) is 84.1 Å². The molecule has 0 aliphatic rings. The zero-order chi connectivity index (χ0) is 20.6. The van der Waals surface area contributed by atoms with E-state index < -0.39 is 0 Å². The summed E-state index contributed by atoms with van der Waals surface area (Å²) >= 11 is 1.45. The molecule has 2 aromatic carbocycles. The van der Waals surface area contributed by atoms with Gasteiger partial charge in [0.2, 0.25) is 0 Å². The molecule has 0 atom stereocenters. The second kappa shape index (κ2) is 9.89. The van der Waals surface area contributed by atoms with Crippen LogP contribution in [-0.2, 0) is 0 Å². The van der Waals surface area contributed by atoms with Gasteiger partial charge in [0.05, 0.1) is 5.56 Å². The minimum atomic E-state index is -0.237. The fourth-order valence-electron chi connectivity index (χ4n) is 2.83. The number of hydrogen-bond donors (Lipinski definition) is 1. The molecule has 6 heteroatoms. The van der Waals surface area contributed by atoms with Gasteiger partial charge in [-0.1, -0.05) is 30.0 Å². The number of carbonyl (C=O) groups excluding carboxylic acids is 2. The van der Waals surface area contributed by atoms with E-state index in [-0.39, 0.29) is 11.8 Å². The molecule has 1 N–H and O–H groups in total. The van der Waals surface area contributed by atoms with Crippen LogP contribution in [0.4, 0.5) is 5.69 Å². The molecule has 0 bridgehead atoms. The highest BCUT2D eigenvalue weighted by Crippen LogP contribution is 2.28. The lowest BCUT2D eigenvalue weighted by molar-refractivity contribution is 0.0773. The molecule has 0 spiro atoms. The minimum Gasteiger partial charge on any atom is -0.339 e. The van der Waals surface area contributed by atoms with Gasteiger partial charge in [0.25, 0.3) is 11.8 Å². The predicted molar refractivity (Wildman–Crippen MR) is 116 cm³/mol. The largest absolute Gasteiger partial charge is 0.339 e. The van der Waals surface area contributed by atoms with Gasteiger partial charge in [-0.05, 0) is 62.4 Å². The van der Waals surface area contributed by atoms with Gasteiger partial charge in [0, 0.05) is 35.4 Å². The zero-order valence-electron chi connectivity index (χ0n) is 16.5. The third-order valence-corrected chi connectivity index (χ3v) is 5.44. The topological polar surface area (TPSA) is 62.3 Å². The maximum atomic E-state index is 12.8. The van der Waals surface area contributed by atoms with Gasteiger partial charge in [-0.15, -0.1) is 0 Å². The van der Waals surface area contributed by atoms with E-state index in [4.69, 9.17) is 0 Å². The maximum Gasteiger partial charge on any atom is 0.258 e. The summed E-state index contributed by atoms with van der Waals surface area (Å²) in [5.41, 5.74) is 1.74. The first-order valence-corrected chi connectivity index (χ1v) is 10.3. The number of anilines is 1. The summed E-state index contributed by atoms with van der Waals surface area (Å²) in [6.07, 6.45) is 1.68. The summed E-state index contributed by atoms with van der Waals surface area (Å²) in [6, 6.07) is 20.3. The molecule has 0 saturated heterocycles. The Morgan fingerprint density at radius 3 is 2.28 bits per heavy atom. The summed E-state index contributed by atoms with van der Waals surface area (Å²) in [4.78, 5) is 32.4. The number of amides is 2. The van der Waals surface area contributed by atoms with Crippen LogP contribution in [0.2, 0.25) is 0 Å². The van der Waals surface area contributed by atoms with Gasteiger partial charge in [-0.25, -0.2) is 4.98 Å². The number of rotatable bonds is 7. The Hall–Kier alpha value is -3.12. The van der Waals surface area contributed by atoms with Crippen molar-refractivity contribution >= 4 is 29.3 Å². The van der Waals surface area contributed by atoms with E-state index in [9.17, 15) is 9.59 Å². The number of nitrogens with one attached hydrogen (secondary N) is 1. The van der Waals surface area contributed by atoms with E-state index in [1.165, 1.54) is 11.8 Å². The third kappa shape index (κ3) is 5.23. The first-order valence-electron chi connectivity index (χ1n) is 9.51. The first-order chi connectivity index (χ1) is 14.1. The number of hydrogen-bond acceptors (Lipinski definition) is 4. The van der Waals surface area contributed by atoms with E-state index in [1.807, 2.05) is 44.2 Å². The fraction of sp³-hybridized carbons (Fsp3) is 0.174. The lowest BCUT2D eigenvalue weighted by Crippen LogP contribution is -2.30. The summed E-state index contributed by atoms with van der Waals surface area (Å²) in [5.74, 6) is -0.249. The van der Waals surface area contributed by atoms with Crippen molar-refractivity contribution in [3.8, 4) is 0 Å². The molecule has 5 nitrogen and oxygen atoms in total. The average molecular weight is 406 g/mol. The molecule has 1 heterocycles. The number of pyridine rings is 1. The van der Waals surface area contributed by atoms with Crippen LogP contribution >= 0.6 is 11.8 Å². The summed E-state index contributed by atoms with van der Waals surface area (Å²) in [7, 11) is 0. The molecule has 0 radical (unpaired) electrons. The normalized spacial score (nSPS) is 10.4. The Morgan fingerprint density at radius 1 is 0.931 bits per heavy atom. The fourth-order valence-corrected chi connectivity index (χ4v) is 3.73. The summed E-state index contributed by atoms with van der Waals surface area (Å²) in [5, 5.41) is 3.53. The summed E-state index contributed by atoms with van der Waals surface area (Å²) in [6.45, 7) is 5.23. The first kappa shape index (κ1) is 20.6. The van der Waals surface area contributed by atoms with Crippen LogP contribution in [0.1, 0.15) is 34.6 Å². The quantitative estimate of drug-likeness (QED) is 0.603. The molecule has 3 aromatic rings. The Morgan fingerprint density at radius 2 is 1.62 bits per heavy atom. The molecule has 2 amide bonds. The van der Waals surface area contributed by atoms with Gasteiger partial charge in [0.1, 0.15) is 5.03 Å². The van der Waals surface area contributed by atoms with Crippen molar-refractivity contribution in [2.75, 3.05) is 18.4 Å². The molecule has 0 aliphatic carbocycles. The highest BCUT2D eigenvalue weighted by molar-refractivity contribution is 7.99. The molecular formula is C23H23N3O2S. The second-order valence-corrected chi connectivity index (χ2v) is 7.34. The van der Waals surface area contributed by atoms with E-state index >= 15 is 0 Å². The van der Waals surface area contributed by atoms with Crippen LogP contribution in [0.3, 0.4) is 0 Å². The van der Waals surface area contributed by atoms with Crippen LogP contribution in [0.5, 0.6) is 0 Å². The molecule has 0 unspecified atom stereocenters. The Kier molecular flexibility index (Phi) is 7.03. The zero-order valence-corrected chi connectivity index (χ0v) is 17.3. The molecule has 1 aromatic heterocycles. The van der Waals surface area contributed by atoms with Gasteiger partial charge in [-0.2, -0.15) is 0 Å². The van der Waals surface area contributed by atoms with Crippen LogP contribution in [0, 0.1) is 0 Å². The van der Waals surface area contributed by atoms with Crippen molar-refractivity contribution in [1.82, 2.24) is 9.88 Å². The Bertz CT molecular complexity index is 971. The minimum absolute atomic E-state index is 0.0123. The van der Waals surface area contributed by atoms with E-state index in [1.54, 1.807) is 47.5 Å². The number of aromatic nitrogens is 1. The highest BCUT2D eigenvalue weighted by Gasteiger charge is 2.15. The third-order valence-electron chi connectivity index (χ3n) is 4.41. The van der Waals surface area contributed by atoms with Gasteiger partial charge >= 0.3 is 0 Å². The van der Waals surface area contributed by atoms with Crippen molar-refractivity contribution in [1.29, 1.82) is 0 Å². The Labute approximate surface area is 175 Å². The molecular weight excluding hydrogens is 382 g/mol. The number of carbonyl (C=O) groups is 2. The maximum absolute atomic E-state index is 12.8. The van der Waals surface area contributed by atoms with Crippen molar-refractivity contribution in [2.45, 2.75) is 23.8 Å². The molecule has 3 rings (SSSR count). The van der Waals surface area contributed by atoms with Gasteiger partial charge < -0.3 is 10.2 Å². The van der Waals surface area contributed by atoms with Gasteiger partial charge in [0.15, 0.2) is 0 Å². The monoisotopic (exact) mass is 405 g/mol. The molecule has 29 heavy (non-hydrogen) atoms. The van der Waals surface area contributed by atoms with Crippen LogP contribution in [0.15, 0.2) is 82.8 Å².